The standard InChI is InChI=1S/C16H22N2O5S/c1-18(2)24(22,23)14-7-3-11(4-8-14)10-17-15(19)12-5-6-13(9-12)16(20)21/h3-4,7-8,12-13H,5-6,9-10H2,1-2H3,(H,17,19)(H,20,21)/t12-,13+/m1/s1. The highest BCUT2D eigenvalue weighted by Gasteiger charge is 2.33. The molecule has 24 heavy (non-hydrogen) atoms. The molecule has 132 valence electrons. The number of carboxylic acid groups (broad SMARTS) is 1. The van der Waals surface area contributed by atoms with Gasteiger partial charge in [-0.1, -0.05) is 12.1 Å². The van der Waals surface area contributed by atoms with Crippen molar-refractivity contribution >= 4 is 21.9 Å². The smallest absolute Gasteiger partial charge is 0.306 e. The van der Waals surface area contributed by atoms with Crippen LogP contribution in [0.1, 0.15) is 24.8 Å². The lowest BCUT2D eigenvalue weighted by Gasteiger charge is -2.13. The monoisotopic (exact) mass is 354 g/mol. The highest BCUT2D eigenvalue weighted by Crippen LogP contribution is 2.31. The van der Waals surface area contributed by atoms with E-state index in [0.717, 1.165) is 9.87 Å². The number of carbonyl (C=O) groups is 2. The van der Waals surface area contributed by atoms with Gasteiger partial charge in [-0.05, 0) is 37.0 Å². The van der Waals surface area contributed by atoms with Crippen molar-refractivity contribution in [1.29, 1.82) is 0 Å². The first-order valence-corrected chi connectivity index (χ1v) is 9.18. The minimum atomic E-state index is -3.46. The number of aliphatic carboxylic acids is 1. The van der Waals surface area contributed by atoms with Crippen molar-refractivity contribution in [2.75, 3.05) is 14.1 Å². The largest absolute Gasteiger partial charge is 0.481 e. The maximum Gasteiger partial charge on any atom is 0.306 e. The second-order valence-corrected chi connectivity index (χ2v) is 8.35. The molecule has 1 aromatic rings. The molecule has 0 aliphatic heterocycles. The topological polar surface area (TPSA) is 104 Å². The molecule has 1 aliphatic rings. The predicted octanol–water partition coefficient (Wildman–Crippen LogP) is 1.05. The Morgan fingerprint density at radius 2 is 1.75 bits per heavy atom. The van der Waals surface area contributed by atoms with Crippen molar-refractivity contribution in [3.05, 3.63) is 29.8 Å². The van der Waals surface area contributed by atoms with Crippen LogP contribution in [-0.4, -0.2) is 43.8 Å². The van der Waals surface area contributed by atoms with Gasteiger partial charge in [-0.15, -0.1) is 0 Å². The van der Waals surface area contributed by atoms with Gasteiger partial charge in [-0.25, -0.2) is 12.7 Å². The zero-order valence-corrected chi connectivity index (χ0v) is 14.5. The third-order valence-electron chi connectivity index (χ3n) is 4.32. The molecule has 1 fully saturated rings. The van der Waals surface area contributed by atoms with E-state index in [4.69, 9.17) is 5.11 Å². The van der Waals surface area contributed by atoms with Crippen LogP contribution >= 0.6 is 0 Å². The summed E-state index contributed by atoms with van der Waals surface area (Å²) < 4.78 is 25.1. The normalized spacial score (nSPS) is 21.0. The third-order valence-corrected chi connectivity index (χ3v) is 6.15. The van der Waals surface area contributed by atoms with Crippen LogP contribution in [0.15, 0.2) is 29.2 Å². The fourth-order valence-electron chi connectivity index (χ4n) is 2.77. The number of hydrogen-bond donors (Lipinski definition) is 2. The summed E-state index contributed by atoms with van der Waals surface area (Å²) >= 11 is 0. The lowest BCUT2D eigenvalue weighted by Crippen LogP contribution is -2.29. The van der Waals surface area contributed by atoms with Gasteiger partial charge in [0.2, 0.25) is 15.9 Å². The highest BCUT2D eigenvalue weighted by atomic mass is 32.2. The molecule has 2 atom stereocenters. The van der Waals surface area contributed by atoms with E-state index in [1.807, 2.05) is 0 Å². The molecule has 0 unspecified atom stereocenters. The van der Waals surface area contributed by atoms with Crippen LogP contribution in [0.25, 0.3) is 0 Å². The van der Waals surface area contributed by atoms with E-state index in [1.54, 1.807) is 12.1 Å². The van der Waals surface area contributed by atoms with Gasteiger partial charge in [0.05, 0.1) is 10.8 Å². The Morgan fingerprint density at radius 1 is 1.17 bits per heavy atom. The van der Waals surface area contributed by atoms with Crippen molar-refractivity contribution in [3.8, 4) is 0 Å². The van der Waals surface area contributed by atoms with Gasteiger partial charge in [-0.2, -0.15) is 0 Å². The molecule has 0 radical (unpaired) electrons. The molecule has 2 rings (SSSR count). The van der Waals surface area contributed by atoms with Crippen LogP contribution in [0, 0.1) is 11.8 Å². The zero-order valence-electron chi connectivity index (χ0n) is 13.7. The quantitative estimate of drug-likeness (QED) is 0.795. The van der Waals surface area contributed by atoms with E-state index < -0.39 is 21.9 Å². The molecular weight excluding hydrogens is 332 g/mol. The number of amides is 1. The maximum absolute atomic E-state index is 12.1. The molecule has 2 N–H and O–H groups in total. The molecule has 0 aromatic heterocycles. The first-order chi connectivity index (χ1) is 11.2. The van der Waals surface area contributed by atoms with Gasteiger partial charge in [0.1, 0.15) is 0 Å². The number of nitrogens with one attached hydrogen (secondary N) is 1. The highest BCUT2D eigenvalue weighted by molar-refractivity contribution is 7.89. The van der Waals surface area contributed by atoms with Crippen molar-refractivity contribution in [1.82, 2.24) is 9.62 Å². The number of benzene rings is 1. The lowest BCUT2D eigenvalue weighted by atomic mass is 10.0. The number of carbonyl (C=O) groups excluding carboxylic acids is 1. The van der Waals surface area contributed by atoms with E-state index in [-0.39, 0.29) is 23.3 Å². The fraction of sp³-hybridized carbons (Fsp3) is 0.500. The van der Waals surface area contributed by atoms with Gasteiger partial charge in [0.15, 0.2) is 0 Å². The summed E-state index contributed by atoms with van der Waals surface area (Å²) in [6.45, 7) is 0.287. The van der Waals surface area contributed by atoms with E-state index in [9.17, 15) is 18.0 Å². The zero-order chi connectivity index (χ0) is 17.9. The van der Waals surface area contributed by atoms with Gasteiger partial charge in [0, 0.05) is 26.6 Å². The summed E-state index contributed by atoms with van der Waals surface area (Å²) in [7, 11) is -0.526. The Morgan fingerprint density at radius 3 is 2.25 bits per heavy atom. The molecule has 0 spiro atoms. The second kappa shape index (κ2) is 7.31. The second-order valence-electron chi connectivity index (χ2n) is 6.19. The molecule has 0 heterocycles. The SMILES string of the molecule is CN(C)S(=O)(=O)c1ccc(CNC(=O)[C@@H]2CC[C@H](C(=O)O)C2)cc1. The summed E-state index contributed by atoms with van der Waals surface area (Å²) in [5, 5.41) is 11.8. The molecule has 1 aromatic carbocycles. The summed E-state index contributed by atoms with van der Waals surface area (Å²) in [5.74, 6) is -1.69. The molecule has 1 amide bonds. The minimum Gasteiger partial charge on any atom is -0.481 e. The predicted molar refractivity (Wildman–Crippen MR) is 87.6 cm³/mol. The molecule has 8 heteroatoms. The van der Waals surface area contributed by atoms with Crippen LogP contribution in [0.5, 0.6) is 0 Å². The molecule has 7 nitrogen and oxygen atoms in total. The van der Waals surface area contributed by atoms with Gasteiger partial charge in [-0.3, -0.25) is 9.59 Å². The van der Waals surface area contributed by atoms with Gasteiger partial charge >= 0.3 is 5.97 Å². The van der Waals surface area contributed by atoms with Crippen LogP contribution < -0.4 is 5.32 Å². The van der Waals surface area contributed by atoms with Crippen LogP contribution in [0.2, 0.25) is 0 Å². The Kier molecular flexibility index (Phi) is 5.61. The summed E-state index contributed by atoms with van der Waals surface area (Å²) in [4.78, 5) is 23.2. The first kappa shape index (κ1) is 18.4. The molecule has 0 bridgehead atoms. The maximum atomic E-state index is 12.1. The van der Waals surface area contributed by atoms with Crippen molar-refractivity contribution < 1.29 is 23.1 Å². The Bertz CT molecular complexity index is 712. The molecule has 0 saturated heterocycles. The minimum absolute atomic E-state index is 0.149. The number of hydrogen-bond acceptors (Lipinski definition) is 4. The number of nitrogens with zero attached hydrogens (tertiary/aromatic N) is 1. The summed E-state index contributed by atoms with van der Waals surface area (Å²) in [6, 6.07) is 6.33. The lowest BCUT2D eigenvalue weighted by molar-refractivity contribution is -0.141. The molecule has 1 saturated carbocycles. The van der Waals surface area contributed by atoms with E-state index in [2.05, 4.69) is 5.32 Å². The first-order valence-electron chi connectivity index (χ1n) is 7.74. The molecule has 1 aliphatic carbocycles. The Balaban J connectivity index is 1.91. The number of rotatable bonds is 6. The molecular formula is C16H22N2O5S. The fourth-order valence-corrected chi connectivity index (χ4v) is 3.67. The average molecular weight is 354 g/mol. The van der Waals surface area contributed by atoms with E-state index >= 15 is 0 Å². The third kappa shape index (κ3) is 4.12. The van der Waals surface area contributed by atoms with E-state index in [1.165, 1.54) is 26.2 Å². The number of carboxylic acids is 1. The number of sulfonamides is 1. The van der Waals surface area contributed by atoms with Gasteiger partial charge in [0.25, 0.3) is 0 Å². The van der Waals surface area contributed by atoms with Crippen LogP contribution in [-0.2, 0) is 26.2 Å². The van der Waals surface area contributed by atoms with E-state index in [0.29, 0.717) is 19.3 Å². The van der Waals surface area contributed by atoms with Crippen molar-refractivity contribution in [3.63, 3.8) is 0 Å². The van der Waals surface area contributed by atoms with Gasteiger partial charge < -0.3 is 10.4 Å². The summed E-state index contributed by atoms with van der Waals surface area (Å²) in [5.41, 5.74) is 0.786. The summed E-state index contributed by atoms with van der Waals surface area (Å²) in [6.07, 6.45) is 1.49. The van der Waals surface area contributed by atoms with Crippen molar-refractivity contribution in [2.24, 2.45) is 11.8 Å². The Labute approximate surface area is 141 Å². The van der Waals surface area contributed by atoms with Crippen LogP contribution in [0.3, 0.4) is 0 Å². The average Bonchev–Trinajstić information content (AvgIpc) is 3.03. The van der Waals surface area contributed by atoms with Crippen molar-refractivity contribution in [2.45, 2.75) is 30.7 Å². The van der Waals surface area contributed by atoms with Crippen LogP contribution in [0.4, 0.5) is 0 Å². The Hall–Kier alpha value is -1.93.